The molecule has 1 amide bonds. The van der Waals surface area contributed by atoms with Crippen LogP contribution in [0.4, 0.5) is 24.8 Å². The van der Waals surface area contributed by atoms with E-state index in [1.807, 2.05) is 4.90 Å². The molecule has 0 bridgehead atoms. The van der Waals surface area contributed by atoms with E-state index in [4.69, 9.17) is 4.74 Å². The van der Waals surface area contributed by atoms with Gasteiger partial charge in [-0.25, -0.2) is 9.97 Å². The fourth-order valence-corrected chi connectivity index (χ4v) is 5.09. The average Bonchev–Trinajstić information content (AvgIpc) is 3.35. The molecule has 3 atom stereocenters. The lowest BCUT2D eigenvalue weighted by Gasteiger charge is -2.49. The van der Waals surface area contributed by atoms with Gasteiger partial charge in [-0.1, -0.05) is 0 Å². The molecule has 1 aromatic carbocycles. The molecule has 7 nitrogen and oxygen atoms in total. The van der Waals surface area contributed by atoms with Crippen molar-refractivity contribution >= 4 is 17.5 Å². The van der Waals surface area contributed by atoms with E-state index in [1.165, 1.54) is 6.07 Å². The number of hydrogen-bond acceptors (Lipinski definition) is 6. The molecule has 3 aliphatic rings. The van der Waals surface area contributed by atoms with Crippen LogP contribution in [0.1, 0.15) is 24.0 Å². The van der Waals surface area contributed by atoms with Gasteiger partial charge in [-0.3, -0.25) is 4.79 Å². The molecule has 2 aromatic rings. The predicted octanol–water partition coefficient (Wildman–Crippen LogP) is 2.66. The standard InChI is InChI=1S/C23H26F3N5O2/c24-23(25,26)16-4-5-19-15(11-16)12-18(21(32)29-13-17-3-1-10-33-17)20-14-30(8-9-31(19)20)22-27-6-2-7-28-22/h2,4-7,11,17-18,20H,1,3,8-10,12-14H2,(H,29,32)/t17-,18-,20+/m0/s1. The Bertz CT molecular complexity index is 997. The average molecular weight is 461 g/mol. The first-order chi connectivity index (χ1) is 15.9. The van der Waals surface area contributed by atoms with Crippen molar-refractivity contribution < 1.29 is 22.7 Å². The number of carbonyl (C=O) groups excluding carboxylic acids is 1. The van der Waals surface area contributed by atoms with Crippen LogP contribution >= 0.6 is 0 Å². The fraction of sp³-hybridized carbons (Fsp3) is 0.522. The molecule has 176 valence electrons. The molecule has 5 rings (SSSR count). The molecular weight excluding hydrogens is 435 g/mol. The van der Waals surface area contributed by atoms with Crippen LogP contribution in [0.2, 0.25) is 0 Å². The highest BCUT2D eigenvalue weighted by molar-refractivity contribution is 5.82. The van der Waals surface area contributed by atoms with Gasteiger partial charge in [0, 0.05) is 50.9 Å². The molecule has 2 saturated heterocycles. The van der Waals surface area contributed by atoms with Crippen molar-refractivity contribution in [2.45, 2.75) is 37.6 Å². The predicted molar refractivity (Wildman–Crippen MR) is 116 cm³/mol. The van der Waals surface area contributed by atoms with Crippen LogP contribution in [-0.2, 0) is 22.1 Å². The maximum Gasteiger partial charge on any atom is 0.416 e. The zero-order chi connectivity index (χ0) is 23.0. The zero-order valence-corrected chi connectivity index (χ0v) is 18.1. The number of fused-ring (bicyclic) bond motifs is 3. The molecule has 0 aliphatic carbocycles. The summed E-state index contributed by atoms with van der Waals surface area (Å²) in [6, 6.07) is 5.41. The Hall–Kier alpha value is -2.88. The van der Waals surface area contributed by atoms with Crippen LogP contribution in [0.3, 0.4) is 0 Å². The molecule has 0 spiro atoms. The molecule has 0 saturated carbocycles. The van der Waals surface area contributed by atoms with Crippen molar-refractivity contribution in [1.82, 2.24) is 15.3 Å². The topological polar surface area (TPSA) is 70.6 Å². The van der Waals surface area contributed by atoms with Crippen molar-refractivity contribution in [1.29, 1.82) is 0 Å². The molecule has 1 aromatic heterocycles. The van der Waals surface area contributed by atoms with Gasteiger partial charge in [0.15, 0.2) is 0 Å². The minimum atomic E-state index is -4.42. The van der Waals surface area contributed by atoms with Gasteiger partial charge < -0.3 is 19.9 Å². The number of aromatic nitrogens is 2. The van der Waals surface area contributed by atoms with Crippen LogP contribution in [0, 0.1) is 5.92 Å². The van der Waals surface area contributed by atoms with Crippen molar-refractivity contribution in [3.8, 4) is 0 Å². The lowest BCUT2D eigenvalue weighted by Crippen LogP contribution is -2.61. The number of benzene rings is 1. The first-order valence-electron chi connectivity index (χ1n) is 11.3. The summed E-state index contributed by atoms with van der Waals surface area (Å²) in [7, 11) is 0. The summed E-state index contributed by atoms with van der Waals surface area (Å²) in [4.78, 5) is 26.1. The van der Waals surface area contributed by atoms with E-state index in [1.54, 1.807) is 24.5 Å². The molecular formula is C23H26F3N5O2. The Morgan fingerprint density at radius 2 is 2.03 bits per heavy atom. The number of amides is 1. The van der Waals surface area contributed by atoms with Crippen LogP contribution in [0.25, 0.3) is 0 Å². The van der Waals surface area contributed by atoms with Gasteiger partial charge in [0.25, 0.3) is 0 Å². The van der Waals surface area contributed by atoms with Crippen molar-refractivity contribution in [2.24, 2.45) is 5.92 Å². The van der Waals surface area contributed by atoms with E-state index in [-0.39, 0.29) is 24.5 Å². The number of piperazine rings is 1. The van der Waals surface area contributed by atoms with Crippen LogP contribution in [-0.4, -0.2) is 60.8 Å². The number of nitrogens with zero attached hydrogens (tertiary/aromatic N) is 4. The summed E-state index contributed by atoms with van der Waals surface area (Å²) in [6.45, 7) is 2.81. The fourth-order valence-electron chi connectivity index (χ4n) is 5.09. The third-order valence-electron chi connectivity index (χ3n) is 6.74. The largest absolute Gasteiger partial charge is 0.416 e. The van der Waals surface area contributed by atoms with Crippen molar-refractivity contribution in [2.75, 3.05) is 42.6 Å². The Morgan fingerprint density at radius 3 is 2.76 bits per heavy atom. The van der Waals surface area contributed by atoms with Crippen molar-refractivity contribution in [3.05, 3.63) is 47.8 Å². The minimum Gasteiger partial charge on any atom is -0.376 e. The van der Waals surface area contributed by atoms with Crippen LogP contribution < -0.4 is 15.1 Å². The molecule has 0 unspecified atom stereocenters. The van der Waals surface area contributed by atoms with E-state index in [2.05, 4.69) is 20.2 Å². The Balaban J connectivity index is 1.42. The Kier molecular flexibility index (Phi) is 5.86. The first-order valence-corrected chi connectivity index (χ1v) is 11.3. The molecule has 33 heavy (non-hydrogen) atoms. The maximum absolute atomic E-state index is 13.4. The molecule has 0 radical (unpaired) electrons. The molecule has 10 heteroatoms. The first kappa shape index (κ1) is 21.9. The lowest BCUT2D eigenvalue weighted by atomic mass is 9.82. The Morgan fingerprint density at radius 1 is 1.21 bits per heavy atom. The second kappa shape index (κ2) is 8.81. The van der Waals surface area contributed by atoms with E-state index >= 15 is 0 Å². The Labute approximate surface area is 189 Å². The summed E-state index contributed by atoms with van der Waals surface area (Å²) in [5.41, 5.74) is 0.641. The van der Waals surface area contributed by atoms with E-state index in [0.29, 0.717) is 44.3 Å². The zero-order valence-electron chi connectivity index (χ0n) is 18.1. The monoisotopic (exact) mass is 461 g/mol. The summed E-state index contributed by atoms with van der Waals surface area (Å²) in [5, 5.41) is 3.00. The number of nitrogens with one attached hydrogen (secondary N) is 1. The third-order valence-corrected chi connectivity index (χ3v) is 6.74. The van der Waals surface area contributed by atoms with Gasteiger partial charge in [0.2, 0.25) is 11.9 Å². The SMILES string of the molecule is O=C(NC[C@@H]1CCCO1)[C@H]1Cc2cc(C(F)(F)F)ccc2N2CCN(c3ncccn3)C[C@H]12. The number of ether oxygens (including phenoxy) is 1. The molecule has 3 aliphatic heterocycles. The number of carbonyl (C=O) groups is 1. The lowest BCUT2D eigenvalue weighted by molar-refractivity contribution is -0.137. The second-order valence-electron chi connectivity index (χ2n) is 8.79. The normalized spacial score (nSPS) is 24.9. The quantitative estimate of drug-likeness (QED) is 0.755. The van der Waals surface area contributed by atoms with Gasteiger partial charge in [-0.05, 0) is 49.1 Å². The summed E-state index contributed by atoms with van der Waals surface area (Å²) in [6.07, 6.45) is 1.05. The third kappa shape index (κ3) is 4.48. The van der Waals surface area contributed by atoms with Gasteiger partial charge in [-0.2, -0.15) is 13.2 Å². The smallest absolute Gasteiger partial charge is 0.376 e. The second-order valence-corrected chi connectivity index (χ2v) is 8.79. The van der Waals surface area contributed by atoms with Gasteiger partial charge in [0.1, 0.15) is 0 Å². The molecule has 4 heterocycles. The van der Waals surface area contributed by atoms with Gasteiger partial charge in [0.05, 0.1) is 23.6 Å². The van der Waals surface area contributed by atoms with E-state index in [9.17, 15) is 18.0 Å². The van der Waals surface area contributed by atoms with E-state index < -0.39 is 17.7 Å². The number of hydrogen-bond donors (Lipinski definition) is 1. The molecule has 2 fully saturated rings. The number of alkyl halides is 3. The van der Waals surface area contributed by atoms with Crippen molar-refractivity contribution in [3.63, 3.8) is 0 Å². The number of anilines is 2. The minimum absolute atomic E-state index is 0.00154. The van der Waals surface area contributed by atoms with Gasteiger partial charge >= 0.3 is 6.18 Å². The summed E-state index contributed by atoms with van der Waals surface area (Å²) >= 11 is 0. The highest BCUT2D eigenvalue weighted by atomic mass is 19.4. The van der Waals surface area contributed by atoms with Crippen LogP contribution in [0.15, 0.2) is 36.7 Å². The molecule has 1 N–H and O–H groups in total. The number of halogens is 3. The van der Waals surface area contributed by atoms with E-state index in [0.717, 1.165) is 24.6 Å². The number of rotatable bonds is 4. The highest BCUT2D eigenvalue weighted by Gasteiger charge is 2.43. The summed E-state index contributed by atoms with van der Waals surface area (Å²) in [5.74, 6) is -0.0535. The maximum atomic E-state index is 13.4. The van der Waals surface area contributed by atoms with Crippen LogP contribution in [0.5, 0.6) is 0 Å². The summed E-state index contributed by atoms with van der Waals surface area (Å²) < 4.78 is 45.7. The van der Waals surface area contributed by atoms with Gasteiger partial charge in [-0.15, -0.1) is 0 Å². The highest BCUT2D eigenvalue weighted by Crippen LogP contribution is 2.40.